The lowest BCUT2D eigenvalue weighted by Crippen LogP contribution is -2.45. The first-order valence-corrected chi connectivity index (χ1v) is 14.1. The summed E-state index contributed by atoms with van der Waals surface area (Å²) in [5.41, 5.74) is 1.18. The number of anilines is 3. The lowest BCUT2D eigenvalue weighted by Gasteiger charge is -2.38. The summed E-state index contributed by atoms with van der Waals surface area (Å²) in [5, 5.41) is 8.02. The molecule has 10 heteroatoms. The van der Waals surface area contributed by atoms with Crippen LogP contribution in [0.4, 0.5) is 17.6 Å². The van der Waals surface area contributed by atoms with Crippen molar-refractivity contribution >= 4 is 46.5 Å². The number of nitrogens with zero attached hydrogens (tertiary/aromatic N) is 4. The number of ether oxygens (including phenoxy) is 2. The first-order chi connectivity index (χ1) is 18.0. The van der Waals surface area contributed by atoms with Gasteiger partial charge in [-0.25, -0.2) is 0 Å². The van der Waals surface area contributed by atoms with Gasteiger partial charge in [-0.3, -0.25) is 0 Å². The molecule has 0 saturated carbocycles. The van der Waals surface area contributed by atoms with Gasteiger partial charge >= 0.3 is 0 Å². The van der Waals surface area contributed by atoms with Crippen LogP contribution in [0.2, 0.25) is 5.02 Å². The van der Waals surface area contributed by atoms with Gasteiger partial charge in [0, 0.05) is 62.4 Å². The molecule has 4 heterocycles. The Labute approximate surface area is 230 Å². The number of halogens is 1. The van der Waals surface area contributed by atoms with Gasteiger partial charge in [0.15, 0.2) is 5.11 Å². The average Bonchev–Trinajstić information content (AvgIpc) is 2.93. The first kappa shape index (κ1) is 26.4. The number of benzene rings is 1. The van der Waals surface area contributed by atoms with Gasteiger partial charge in [0.1, 0.15) is 11.6 Å². The summed E-state index contributed by atoms with van der Waals surface area (Å²) in [7, 11) is 0. The summed E-state index contributed by atoms with van der Waals surface area (Å²) in [6.45, 7) is 9.54. The van der Waals surface area contributed by atoms with Crippen LogP contribution < -0.4 is 20.4 Å². The number of rotatable bonds is 6. The Kier molecular flexibility index (Phi) is 8.64. The summed E-state index contributed by atoms with van der Waals surface area (Å²) in [6, 6.07) is 10.3. The molecule has 2 aromatic rings. The number of morpholine rings is 1. The molecule has 0 bridgehead atoms. The zero-order valence-electron chi connectivity index (χ0n) is 21.5. The Bertz CT molecular complexity index is 1060. The fraction of sp³-hybridized carbons (Fsp3) is 0.593. The van der Waals surface area contributed by atoms with Crippen LogP contribution in [0.1, 0.15) is 38.2 Å². The number of piperidine rings is 1. The second-order valence-corrected chi connectivity index (χ2v) is 11.3. The van der Waals surface area contributed by atoms with Crippen molar-refractivity contribution < 1.29 is 9.47 Å². The molecular formula is C27H37ClN6O2S. The van der Waals surface area contributed by atoms with E-state index in [1.165, 1.54) is 18.4 Å². The van der Waals surface area contributed by atoms with Crippen molar-refractivity contribution in [2.24, 2.45) is 5.92 Å². The van der Waals surface area contributed by atoms with E-state index >= 15 is 0 Å². The van der Waals surface area contributed by atoms with Gasteiger partial charge in [0.05, 0.1) is 13.2 Å². The van der Waals surface area contributed by atoms with Crippen LogP contribution in [0.5, 0.6) is 0 Å². The van der Waals surface area contributed by atoms with Gasteiger partial charge in [-0.1, -0.05) is 30.7 Å². The molecule has 1 atom stereocenters. The maximum atomic E-state index is 6.16. The largest absolute Gasteiger partial charge is 0.381 e. The summed E-state index contributed by atoms with van der Waals surface area (Å²) in [4.78, 5) is 14.4. The van der Waals surface area contributed by atoms with Crippen molar-refractivity contribution in [1.29, 1.82) is 0 Å². The smallest absolute Gasteiger partial charge is 0.232 e. The molecule has 1 aromatic carbocycles. The molecular weight excluding hydrogens is 508 g/mol. The van der Waals surface area contributed by atoms with E-state index in [1.807, 2.05) is 12.1 Å². The zero-order chi connectivity index (χ0) is 25.7. The molecule has 0 spiro atoms. The minimum Gasteiger partial charge on any atom is -0.381 e. The molecule has 0 aliphatic carbocycles. The highest BCUT2D eigenvalue weighted by Crippen LogP contribution is 2.35. The molecule has 2 N–H and O–H groups in total. The van der Waals surface area contributed by atoms with E-state index in [2.05, 4.69) is 45.6 Å². The molecule has 5 rings (SSSR count). The van der Waals surface area contributed by atoms with Crippen molar-refractivity contribution in [2.45, 2.75) is 38.0 Å². The fourth-order valence-corrected chi connectivity index (χ4v) is 5.81. The first-order valence-electron chi connectivity index (χ1n) is 13.4. The van der Waals surface area contributed by atoms with Gasteiger partial charge < -0.3 is 29.9 Å². The van der Waals surface area contributed by atoms with Crippen molar-refractivity contribution in [3.05, 3.63) is 40.9 Å². The zero-order valence-corrected chi connectivity index (χ0v) is 23.1. The molecule has 3 aliphatic rings. The molecule has 3 saturated heterocycles. The van der Waals surface area contributed by atoms with E-state index < -0.39 is 0 Å². The van der Waals surface area contributed by atoms with E-state index in [0.717, 1.165) is 68.9 Å². The third kappa shape index (κ3) is 6.63. The summed E-state index contributed by atoms with van der Waals surface area (Å²) in [5.74, 6) is 3.05. The Hall–Kier alpha value is -2.20. The molecule has 1 aromatic heterocycles. The van der Waals surface area contributed by atoms with Crippen molar-refractivity contribution in [3.63, 3.8) is 0 Å². The van der Waals surface area contributed by atoms with Gasteiger partial charge in [-0.15, -0.1) is 0 Å². The number of hydrogen-bond acceptors (Lipinski definition) is 7. The maximum Gasteiger partial charge on any atom is 0.232 e. The number of thiocarbonyl (C=S) groups is 1. The third-order valence-corrected chi connectivity index (χ3v) is 8.23. The molecule has 37 heavy (non-hydrogen) atoms. The average molecular weight is 545 g/mol. The van der Waals surface area contributed by atoms with Crippen LogP contribution in [0.15, 0.2) is 30.3 Å². The summed E-state index contributed by atoms with van der Waals surface area (Å²) in [6.07, 6.45) is 4.28. The predicted molar refractivity (Wildman–Crippen MR) is 153 cm³/mol. The van der Waals surface area contributed by atoms with Crippen molar-refractivity contribution in [2.75, 3.05) is 74.3 Å². The lowest BCUT2D eigenvalue weighted by molar-refractivity contribution is 0.0515. The van der Waals surface area contributed by atoms with Crippen LogP contribution in [0.3, 0.4) is 0 Å². The van der Waals surface area contributed by atoms with Gasteiger partial charge in [-0.2, -0.15) is 9.97 Å². The topological polar surface area (TPSA) is 74.8 Å². The Balaban J connectivity index is 1.32. The standard InChI is InChI=1S/C27H37ClN6O2S/c1-20-3-2-10-34(18-20)24-17-23(33-11-15-36-16-12-33)30-25(31-24)32-26(37)29-19-27(8-13-35-14-9-27)21-4-6-22(28)7-5-21/h4-7,17,20H,2-3,8-16,18-19H2,1H3,(H2,29,30,31,32,37)/t20-/m1/s1. The van der Waals surface area contributed by atoms with Crippen LogP contribution in [-0.2, 0) is 14.9 Å². The molecule has 8 nitrogen and oxygen atoms in total. The fourth-order valence-electron chi connectivity index (χ4n) is 5.52. The van der Waals surface area contributed by atoms with E-state index in [0.29, 0.717) is 36.7 Å². The summed E-state index contributed by atoms with van der Waals surface area (Å²) >= 11 is 11.9. The van der Waals surface area contributed by atoms with Crippen LogP contribution in [0, 0.1) is 5.92 Å². The third-order valence-electron chi connectivity index (χ3n) is 7.73. The highest BCUT2D eigenvalue weighted by Gasteiger charge is 2.34. The molecule has 0 amide bonds. The monoisotopic (exact) mass is 544 g/mol. The molecule has 3 fully saturated rings. The SMILES string of the molecule is C[C@@H]1CCCN(c2cc(N3CCOCC3)nc(NC(=S)NCC3(c4ccc(Cl)cc4)CCOCC3)n2)C1. The number of hydrogen-bond donors (Lipinski definition) is 2. The van der Waals surface area contributed by atoms with Gasteiger partial charge in [-0.05, 0) is 61.5 Å². The molecule has 0 radical (unpaired) electrons. The lowest BCUT2D eigenvalue weighted by atomic mass is 9.74. The predicted octanol–water partition coefficient (Wildman–Crippen LogP) is 4.24. The highest BCUT2D eigenvalue weighted by molar-refractivity contribution is 7.80. The van der Waals surface area contributed by atoms with Crippen molar-refractivity contribution in [3.8, 4) is 0 Å². The van der Waals surface area contributed by atoms with E-state index in [-0.39, 0.29) is 5.41 Å². The second kappa shape index (κ2) is 12.1. The quantitative estimate of drug-likeness (QED) is 0.519. The molecule has 0 unspecified atom stereocenters. The number of aromatic nitrogens is 2. The highest BCUT2D eigenvalue weighted by atomic mass is 35.5. The van der Waals surface area contributed by atoms with Crippen LogP contribution in [-0.4, -0.2) is 74.2 Å². The van der Waals surface area contributed by atoms with Crippen LogP contribution in [0.25, 0.3) is 0 Å². The molecule has 3 aliphatic heterocycles. The number of nitrogens with one attached hydrogen (secondary N) is 2. The van der Waals surface area contributed by atoms with Crippen molar-refractivity contribution in [1.82, 2.24) is 15.3 Å². The van der Waals surface area contributed by atoms with E-state index in [9.17, 15) is 0 Å². The van der Waals surface area contributed by atoms with E-state index in [4.69, 9.17) is 43.3 Å². The minimum atomic E-state index is -0.0693. The normalized spacial score (nSPS) is 21.9. The van der Waals surface area contributed by atoms with Crippen LogP contribution >= 0.6 is 23.8 Å². The molecule has 200 valence electrons. The minimum absolute atomic E-state index is 0.0693. The maximum absolute atomic E-state index is 6.16. The Morgan fingerprint density at radius 1 is 1.03 bits per heavy atom. The Morgan fingerprint density at radius 2 is 1.70 bits per heavy atom. The summed E-state index contributed by atoms with van der Waals surface area (Å²) < 4.78 is 11.2. The van der Waals surface area contributed by atoms with Gasteiger partial charge in [0.25, 0.3) is 0 Å². The second-order valence-electron chi connectivity index (χ2n) is 10.4. The Morgan fingerprint density at radius 3 is 2.41 bits per heavy atom. The van der Waals surface area contributed by atoms with Gasteiger partial charge in [0.2, 0.25) is 5.95 Å². The van der Waals surface area contributed by atoms with E-state index in [1.54, 1.807) is 0 Å².